The fraction of sp³-hybridized carbons (Fsp3) is 1.00. The topological polar surface area (TPSA) is 29.3 Å². The number of piperidine rings is 1. The molecule has 1 saturated heterocycles. The van der Waals surface area contributed by atoms with Crippen LogP contribution < -0.4 is 5.84 Å². The van der Waals surface area contributed by atoms with E-state index in [1.54, 1.807) is 5.01 Å². The van der Waals surface area contributed by atoms with E-state index in [0.717, 1.165) is 25.9 Å². The summed E-state index contributed by atoms with van der Waals surface area (Å²) in [6.07, 6.45) is 2.15. The van der Waals surface area contributed by atoms with Crippen molar-refractivity contribution in [3.63, 3.8) is 0 Å². The Morgan fingerprint density at radius 2 is 2.20 bits per heavy atom. The first-order valence-corrected chi connectivity index (χ1v) is 3.87. The quantitative estimate of drug-likeness (QED) is 0.507. The zero-order valence-corrected chi connectivity index (χ0v) is 6.02. The van der Waals surface area contributed by atoms with Gasteiger partial charge in [0.15, 0.2) is 0 Å². The van der Waals surface area contributed by atoms with E-state index in [1.807, 2.05) is 0 Å². The van der Waals surface area contributed by atoms with Gasteiger partial charge in [-0.2, -0.15) is 0 Å². The van der Waals surface area contributed by atoms with Gasteiger partial charge < -0.3 is 0 Å². The Balaban J connectivity index is 2.03. The summed E-state index contributed by atoms with van der Waals surface area (Å²) in [5.74, 6) is 5.58. The first kappa shape index (κ1) is 6.55. The largest absolute Gasteiger partial charge is 0.269 e. The minimum absolute atomic E-state index is 0.00694. The number of halogens is 1. The van der Waals surface area contributed by atoms with Crippen LogP contribution >= 0.6 is 0 Å². The van der Waals surface area contributed by atoms with Gasteiger partial charge in [-0.15, -0.1) is 0 Å². The minimum atomic E-state index is -0.577. The minimum Gasteiger partial charge on any atom is -0.269 e. The van der Waals surface area contributed by atoms with Crippen LogP contribution in [0.2, 0.25) is 0 Å². The molecule has 0 amide bonds. The highest BCUT2D eigenvalue weighted by molar-refractivity contribution is 5.02. The standard InChI is InChI=1S/C7H13FN2/c8-6-1-4-10(9)5-7(6)2-3-7/h6H,1-5,9H2. The van der Waals surface area contributed by atoms with Crippen molar-refractivity contribution in [2.24, 2.45) is 11.3 Å². The molecule has 0 bridgehead atoms. The molecular formula is C7H13FN2. The van der Waals surface area contributed by atoms with Crippen molar-refractivity contribution >= 4 is 0 Å². The van der Waals surface area contributed by atoms with E-state index < -0.39 is 6.17 Å². The molecule has 2 aliphatic rings. The third-order valence-corrected chi connectivity index (χ3v) is 2.74. The SMILES string of the molecule is NN1CCC(F)C2(CC2)C1. The third-order valence-electron chi connectivity index (χ3n) is 2.74. The summed E-state index contributed by atoms with van der Waals surface area (Å²) in [5, 5.41) is 1.75. The number of nitrogens with zero attached hydrogens (tertiary/aromatic N) is 1. The van der Waals surface area contributed by atoms with Crippen LogP contribution in [0.25, 0.3) is 0 Å². The lowest BCUT2D eigenvalue weighted by Crippen LogP contribution is -2.46. The molecule has 0 aromatic carbocycles. The predicted molar refractivity (Wildman–Crippen MR) is 36.9 cm³/mol. The molecule has 58 valence electrons. The van der Waals surface area contributed by atoms with Crippen molar-refractivity contribution in [2.45, 2.75) is 25.4 Å². The van der Waals surface area contributed by atoms with E-state index in [9.17, 15) is 4.39 Å². The molecule has 0 radical (unpaired) electrons. The summed E-state index contributed by atoms with van der Waals surface area (Å²) in [7, 11) is 0. The van der Waals surface area contributed by atoms with Gasteiger partial charge >= 0.3 is 0 Å². The van der Waals surface area contributed by atoms with E-state index in [2.05, 4.69) is 0 Å². The van der Waals surface area contributed by atoms with Gasteiger partial charge in [-0.25, -0.2) is 9.40 Å². The second-order valence-corrected chi connectivity index (χ2v) is 3.59. The second kappa shape index (κ2) is 1.92. The predicted octanol–water partition coefficient (Wildman–Crippen LogP) is 0.684. The van der Waals surface area contributed by atoms with Crippen molar-refractivity contribution in [1.82, 2.24) is 5.01 Å². The number of hydrogen-bond acceptors (Lipinski definition) is 2. The third kappa shape index (κ3) is 0.847. The molecular weight excluding hydrogens is 131 g/mol. The van der Waals surface area contributed by atoms with Crippen molar-refractivity contribution in [3.8, 4) is 0 Å². The Morgan fingerprint density at radius 1 is 1.50 bits per heavy atom. The first-order valence-electron chi connectivity index (χ1n) is 3.87. The van der Waals surface area contributed by atoms with Crippen LogP contribution in [0.3, 0.4) is 0 Å². The summed E-state index contributed by atoms with van der Waals surface area (Å²) in [5.41, 5.74) is -0.00694. The van der Waals surface area contributed by atoms with Crippen molar-refractivity contribution < 1.29 is 4.39 Å². The highest BCUT2D eigenvalue weighted by Crippen LogP contribution is 2.52. The summed E-state index contributed by atoms with van der Waals surface area (Å²) < 4.78 is 13.1. The molecule has 1 aliphatic carbocycles. The first-order chi connectivity index (χ1) is 4.73. The molecule has 2 nitrogen and oxygen atoms in total. The molecule has 0 aromatic rings. The van der Waals surface area contributed by atoms with E-state index in [4.69, 9.17) is 5.84 Å². The molecule has 10 heavy (non-hydrogen) atoms. The van der Waals surface area contributed by atoms with Crippen molar-refractivity contribution in [1.29, 1.82) is 0 Å². The molecule has 1 atom stereocenters. The molecule has 2 N–H and O–H groups in total. The zero-order valence-electron chi connectivity index (χ0n) is 6.02. The molecule has 1 spiro atoms. The van der Waals surface area contributed by atoms with Crippen LogP contribution in [0.4, 0.5) is 4.39 Å². The van der Waals surface area contributed by atoms with Crippen LogP contribution in [0.1, 0.15) is 19.3 Å². The van der Waals surface area contributed by atoms with Crippen molar-refractivity contribution in [2.75, 3.05) is 13.1 Å². The maximum absolute atomic E-state index is 13.1. The number of hydrazine groups is 1. The zero-order chi connectivity index (χ0) is 7.19. The normalized spacial score (nSPS) is 38.4. The molecule has 3 heteroatoms. The Kier molecular flexibility index (Phi) is 1.26. The summed E-state index contributed by atoms with van der Waals surface area (Å²) in [6, 6.07) is 0. The highest BCUT2D eigenvalue weighted by Gasteiger charge is 2.52. The molecule has 1 heterocycles. The second-order valence-electron chi connectivity index (χ2n) is 3.59. The van der Waals surface area contributed by atoms with Gasteiger partial charge in [0, 0.05) is 18.5 Å². The van der Waals surface area contributed by atoms with E-state index in [1.165, 1.54) is 0 Å². The van der Waals surface area contributed by atoms with Crippen LogP contribution in [0.5, 0.6) is 0 Å². The van der Waals surface area contributed by atoms with E-state index in [0.29, 0.717) is 6.42 Å². The fourth-order valence-corrected chi connectivity index (χ4v) is 1.80. The maximum Gasteiger partial charge on any atom is 0.108 e. The average Bonchev–Trinajstić information content (AvgIpc) is 2.62. The Morgan fingerprint density at radius 3 is 2.70 bits per heavy atom. The lowest BCUT2D eigenvalue weighted by atomic mass is 9.94. The van der Waals surface area contributed by atoms with E-state index >= 15 is 0 Å². The van der Waals surface area contributed by atoms with Crippen LogP contribution in [-0.4, -0.2) is 24.3 Å². The van der Waals surface area contributed by atoms with Gasteiger partial charge in [-0.05, 0) is 19.3 Å². The molecule has 1 aliphatic heterocycles. The molecule has 2 rings (SSSR count). The van der Waals surface area contributed by atoms with Crippen molar-refractivity contribution in [3.05, 3.63) is 0 Å². The van der Waals surface area contributed by atoms with E-state index in [-0.39, 0.29) is 5.41 Å². The van der Waals surface area contributed by atoms with Gasteiger partial charge in [0.05, 0.1) is 0 Å². The van der Waals surface area contributed by atoms with Crippen LogP contribution in [-0.2, 0) is 0 Å². The lowest BCUT2D eigenvalue weighted by Gasteiger charge is -2.32. The Labute approximate surface area is 60.2 Å². The summed E-state index contributed by atoms with van der Waals surface area (Å²) >= 11 is 0. The van der Waals surface area contributed by atoms with Gasteiger partial charge in [0.2, 0.25) is 0 Å². The Bertz CT molecular complexity index is 145. The number of alkyl halides is 1. The monoisotopic (exact) mass is 144 g/mol. The number of rotatable bonds is 0. The maximum atomic E-state index is 13.1. The summed E-state index contributed by atoms with van der Waals surface area (Å²) in [6.45, 7) is 1.50. The van der Waals surface area contributed by atoms with Crippen LogP contribution in [0, 0.1) is 5.41 Å². The smallest absolute Gasteiger partial charge is 0.108 e. The molecule has 1 unspecified atom stereocenters. The number of hydrogen-bond donors (Lipinski definition) is 1. The Hall–Kier alpha value is -0.150. The highest BCUT2D eigenvalue weighted by atomic mass is 19.1. The van der Waals surface area contributed by atoms with Gasteiger partial charge in [-0.1, -0.05) is 0 Å². The van der Waals surface area contributed by atoms with Gasteiger partial charge in [0.25, 0.3) is 0 Å². The lowest BCUT2D eigenvalue weighted by molar-refractivity contribution is 0.0723. The van der Waals surface area contributed by atoms with Crippen LogP contribution in [0.15, 0.2) is 0 Å². The average molecular weight is 144 g/mol. The van der Waals surface area contributed by atoms with Gasteiger partial charge in [0.1, 0.15) is 6.17 Å². The molecule has 0 aromatic heterocycles. The van der Waals surface area contributed by atoms with Gasteiger partial charge in [-0.3, -0.25) is 5.84 Å². The fourth-order valence-electron chi connectivity index (χ4n) is 1.80. The molecule has 1 saturated carbocycles. The number of nitrogens with two attached hydrogens (primary N) is 1. The molecule has 2 fully saturated rings. The summed E-state index contributed by atoms with van der Waals surface area (Å²) in [4.78, 5) is 0.